The van der Waals surface area contributed by atoms with Crippen molar-refractivity contribution in [2.45, 2.75) is 38.7 Å². The summed E-state index contributed by atoms with van der Waals surface area (Å²) in [5, 5.41) is 0. The normalized spacial score (nSPS) is 15.2. The Morgan fingerprint density at radius 3 is 2.00 bits per heavy atom. The van der Waals surface area contributed by atoms with Gasteiger partial charge in [0.2, 0.25) is 0 Å². The van der Waals surface area contributed by atoms with Gasteiger partial charge in [-0.05, 0) is 86.5 Å². The Kier molecular flexibility index (Phi) is 7.57. The van der Waals surface area contributed by atoms with Crippen molar-refractivity contribution in [3.63, 3.8) is 0 Å². The molecule has 0 amide bonds. The van der Waals surface area contributed by atoms with E-state index in [1.165, 1.54) is 62.0 Å². The van der Waals surface area contributed by atoms with Gasteiger partial charge in [0.15, 0.2) is 0 Å². The van der Waals surface area contributed by atoms with Crippen LogP contribution in [0.1, 0.15) is 36.0 Å². The zero-order chi connectivity index (χ0) is 20.4. The Labute approximate surface area is 181 Å². The van der Waals surface area contributed by atoms with E-state index < -0.39 is 0 Å². The molecule has 2 nitrogen and oxygen atoms in total. The molecule has 0 radical (unpaired) electrons. The third-order valence-electron chi connectivity index (χ3n) is 6.19. The lowest BCUT2D eigenvalue weighted by molar-refractivity contribution is 0.182. The van der Waals surface area contributed by atoms with Crippen LogP contribution < -0.4 is 4.74 Å². The predicted octanol–water partition coefficient (Wildman–Crippen LogP) is 6.15. The van der Waals surface area contributed by atoms with Crippen molar-refractivity contribution in [3.05, 3.63) is 102 Å². The number of benzene rings is 3. The van der Waals surface area contributed by atoms with Gasteiger partial charge in [-0.25, -0.2) is 0 Å². The number of ether oxygens (including phenoxy) is 1. The Bertz CT molecular complexity index is 852. The van der Waals surface area contributed by atoms with Crippen molar-refractivity contribution < 1.29 is 4.74 Å². The molecule has 3 aromatic carbocycles. The summed E-state index contributed by atoms with van der Waals surface area (Å²) in [7, 11) is 0. The van der Waals surface area contributed by atoms with Crippen LogP contribution in [-0.2, 0) is 19.4 Å². The van der Waals surface area contributed by atoms with Crippen molar-refractivity contribution in [1.82, 2.24) is 4.90 Å². The van der Waals surface area contributed by atoms with Crippen molar-refractivity contribution in [2.75, 3.05) is 19.6 Å². The first-order chi connectivity index (χ1) is 14.8. The molecule has 1 fully saturated rings. The molecule has 0 bridgehead atoms. The highest BCUT2D eigenvalue weighted by Crippen LogP contribution is 2.22. The van der Waals surface area contributed by atoms with Crippen LogP contribution in [-0.4, -0.2) is 24.5 Å². The lowest BCUT2D eigenvalue weighted by Crippen LogP contribution is -2.35. The van der Waals surface area contributed by atoms with Gasteiger partial charge in [0.25, 0.3) is 0 Å². The molecular formula is C28H33NO. The summed E-state index contributed by atoms with van der Waals surface area (Å²) in [6, 6.07) is 29.9. The Balaban J connectivity index is 1.13. The number of rotatable bonds is 9. The minimum absolute atomic E-state index is 0.625. The van der Waals surface area contributed by atoms with Gasteiger partial charge in [0.05, 0.1) is 0 Å². The minimum atomic E-state index is 0.625. The van der Waals surface area contributed by atoms with Crippen molar-refractivity contribution in [1.29, 1.82) is 0 Å². The van der Waals surface area contributed by atoms with Crippen LogP contribution in [0.2, 0.25) is 0 Å². The van der Waals surface area contributed by atoms with Crippen LogP contribution >= 0.6 is 0 Å². The third kappa shape index (κ3) is 6.47. The van der Waals surface area contributed by atoms with Crippen LogP contribution in [0.25, 0.3) is 0 Å². The topological polar surface area (TPSA) is 12.5 Å². The highest BCUT2D eigenvalue weighted by molar-refractivity contribution is 5.28. The van der Waals surface area contributed by atoms with Crippen molar-refractivity contribution in [2.24, 2.45) is 5.92 Å². The van der Waals surface area contributed by atoms with Gasteiger partial charge in [-0.15, -0.1) is 0 Å². The Morgan fingerprint density at radius 1 is 0.700 bits per heavy atom. The van der Waals surface area contributed by atoms with Gasteiger partial charge in [0.1, 0.15) is 12.4 Å². The maximum atomic E-state index is 5.89. The molecule has 0 N–H and O–H groups in total. The quantitative estimate of drug-likeness (QED) is 0.428. The summed E-state index contributed by atoms with van der Waals surface area (Å²) in [4.78, 5) is 2.65. The second kappa shape index (κ2) is 11.0. The molecule has 3 aromatic rings. The number of likely N-dealkylation sites (tertiary alicyclic amines) is 1. The van der Waals surface area contributed by atoms with Crippen LogP contribution in [0, 0.1) is 5.92 Å². The summed E-state index contributed by atoms with van der Waals surface area (Å²) >= 11 is 0. The van der Waals surface area contributed by atoms with E-state index in [1.54, 1.807) is 0 Å². The molecule has 0 saturated carbocycles. The van der Waals surface area contributed by atoms with Gasteiger partial charge < -0.3 is 9.64 Å². The lowest BCUT2D eigenvalue weighted by atomic mass is 9.90. The van der Waals surface area contributed by atoms with Crippen molar-refractivity contribution >= 4 is 0 Å². The van der Waals surface area contributed by atoms with Gasteiger partial charge in [-0.2, -0.15) is 0 Å². The largest absolute Gasteiger partial charge is 0.489 e. The molecule has 0 unspecified atom stereocenters. The molecule has 0 aromatic heterocycles. The average molecular weight is 400 g/mol. The van der Waals surface area contributed by atoms with Gasteiger partial charge in [-0.1, -0.05) is 72.8 Å². The summed E-state index contributed by atoms with van der Waals surface area (Å²) in [5.74, 6) is 1.80. The van der Waals surface area contributed by atoms with E-state index in [0.717, 1.165) is 18.1 Å². The van der Waals surface area contributed by atoms with Crippen LogP contribution in [0.5, 0.6) is 5.75 Å². The van der Waals surface area contributed by atoms with Crippen molar-refractivity contribution in [3.8, 4) is 5.75 Å². The van der Waals surface area contributed by atoms with Gasteiger partial charge in [-0.3, -0.25) is 0 Å². The smallest absolute Gasteiger partial charge is 0.119 e. The second-order valence-corrected chi connectivity index (χ2v) is 8.50. The van der Waals surface area contributed by atoms with Crippen LogP contribution in [0.15, 0.2) is 84.9 Å². The van der Waals surface area contributed by atoms with E-state index >= 15 is 0 Å². The molecule has 0 atom stereocenters. The molecule has 1 aliphatic heterocycles. The predicted molar refractivity (Wildman–Crippen MR) is 125 cm³/mol. The molecular weight excluding hydrogens is 366 g/mol. The first kappa shape index (κ1) is 20.7. The number of aryl methyl sites for hydroxylation is 1. The zero-order valence-corrected chi connectivity index (χ0v) is 17.9. The summed E-state index contributed by atoms with van der Waals surface area (Å²) in [6.07, 6.45) is 6.29. The monoisotopic (exact) mass is 399 g/mol. The van der Waals surface area contributed by atoms with E-state index in [-0.39, 0.29) is 0 Å². The average Bonchev–Trinajstić information content (AvgIpc) is 2.81. The molecule has 0 spiro atoms. The SMILES string of the molecule is c1ccc(COc2ccc(CCCN3CCC(Cc4ccccc4)CC3)cc2)cc1. The van der Waals surface area contributed by atoms with E-state index in [9.17, 15) is 0 Å². The molecule has 1 aliphatic rings. The number of nitrogens with zero attached hydrogens (tertiary/aromatic N) is 1. The van der Waals surface area contributed by atoms with Gasteiger partial charge >= 0.3 is 0 Å². The number of hydrogen-bond donors (Lipinski definition) is 0. The minimum Gasteiger partial charge on any atom is -0.489 e. The fourth-order valence-corrected chi connectivity index (χ4v) is 4.36. The standard InChI is InChI=1S/C28H33NO/c1-3-8-25(9-4-1)22-26-17-20-29(21-18-26)19-7-12-24-13-15-28(16-14-24)30-23-27-10-5-2-6-11-27/h1-6,8-11,13-16,26H,7,12,17-23H2. The van der Waals surface area contributed by atoms with E-state index in [2.05, 4.69) is 71.6 Å². The molecule has 156 valence electrons. The highest BCUT2D eigenvalue weighted by Gasteiger charge is 2.18. The second-order valence-electron chi connectivity index (χ2n) is 8.50. The summed E-state index contributed by atoms with van der Waals surface area (Å²) in [5.41, 5.74) is 4.10. The zero-order valence-electron chi connectivity index (χ0n) is 17.9. The summed E-state index contributed by atoms with van der Waals surface area (Å²) in [6.45, 7) is 4.35. The lowest BCUT2D eigenvalue weighted by Gasteiger charge is -2.32. The number of piperidine rings is 1. The highest BCUT2D eigenvalue weighted by atomic mass is 16.5. The molecule has 1 saturated heterocycles. The maximum Gasteiger partial charge on any atom is 0.119 e. The molecule has 30 heavy (non-hydrogen) atoms. The number of hydrogen-bond acceptors (Lipinski definition) is 2. The van der Waals surface area contributed by atoms with E-state index in [1.807, 2.05) is 18.2 Å². The Morgan fingerprint density at radius 2 is 1.33 bits per heavy atom. The molecule has 2 heteroatoms. The molecule has 4 rings (SSSR count). The molecule has 1 heterocycles. The third-order valence-corrected chi connectivity index (χ3v) is 6.19. The Hall–Kier alpha value is -2.58. The van der Waals surface area contributed by atoms with Crippen LogP contribution in [0.3, 0.4) is 0 Å². The first-order valence-electron chi connectivity index (χ1n) is 11.4. The fourth-order valence-electron chi connectivity index (χ4n) is 4.36. The first-order valence-corrected chi connectivity index (χ1v) is 11.4. The fraction of sp³-hybridized carbons (Fsp3) is 0.357. The maximum absolute atomic E-state index is 5.89. The molecule has 0 aliphatic carbocycles. The van der Waals surface area contributed by atoms with Crippen LogP contribution in [0.4, 0.5) is 0 Å². The van der Waals surface area contributed by atoms with E-state index in [4.69, 9.17) is 4.74 Å². The summed E-state index contributed by atoms with van der Waals surface area (Å²) < 4.78 is 5.89. The van der Waals surface area contributed by atoms with E-state index in [0.29, 0.717) is 6.61 Å². The van der Waals surface area contributed by atoms with Gasteiger partial charge in [0, 0.05) is 0 Å².